The number of carbonyl (C=O) groups excluding carboxylic acids is 1. The van der Waals surface area contributed by atoms with Gasteiger partial charge in [-0.2, -0.15) is 4.31 Å². The van der Waals surface area contributed by atoms with E-state index < -0.39 is 10.0 Å². The molecule has 0 radical (unpaired) electrons. The fraction of sp³-hybridized carbons (Fsp3) is 0.591. The molecule has 1 aromatic rings. The SMILES string of the molecule is CS(=O)(=O)N1CC(=O)N2[C@H](CO)[C@H](c3ccc(C#CCC4CCCC4)cc3)[C@@H]2C1. The van der Waals surface area contributed by atoms with E-state index in [1.54, 1.807) is 4.90 Å². The van der Waals surface area contributed by atoms with Crippen LogP contribution >= 0.6 is 0 Å². The third kappa shape index (κ3) is 4.07. The van der Waals surface area contributed by atoms with Gasteiger partial charge in [0, 0.05) is 24.4 Å². The van der Waals surface area contributed by atoms with Crippen LogP contribution in [0.2, 0.25) is 0 Å². The Morgan fingerprint density at radius 1 is 1.17 bits per heavy atom. The molecule has 0 aromatic heterocycles. The molecular formula is C22H28N2O4S. The first-order valence-electron chi connectivity index (χ1n) is 10.3. The van der Waals surface area contributed by atoms with Crippen molar-refractivity contribution in [2.75, 3.05) is 26.0 Å². The number of benzene rings is 1. The first kappa shape index (κ1) is 20.4. The molecule has 6 nitrogen and oxygen atoms in total. The van der Waals surface area contributed by atoms with Gasteiger partial charge in [-0.05, 0) is 36.5 Å². The van der Waals surface area contributed by atoms with Crippen LogP contribution in [0.3, 0.4) is 0 Å². The fourth-order valence-electron chi connectivity index (χ4n) is 5.02. The fourth-order valence-corrected chi connectivity index (χ4v) is 5.79. The van der Waals surface area contributed by atoms with Gasteiger partial charge in [0.1, 0.15) is 0 Å². The average Bonchev–Trinajstić information content (AvgIpc) is 3.17. The van der Waals surface area contributed by atoms with Crippen molar-refractivity contribution in [2.24, 2.45) is 5.92 Å². The minimum Gasteiger partial charge on any atom is -0.394 e. The van der Waals surface area contributed by atoms with E-state index in [4.69, 9.17) is 0 Å². The van der Waals surface area contributed by atoms with Crippen molar-refractivity contribution in [1.82, 2.24) is 9.21 Å². The minimum atomic E-state index is -3.43. The topological polar surface area (TPSA) is 77.9 Å². The van der Waals surface area contributed by atoms with E-state index in [2.05, 4.69) is 11.8 Å². The lowest BCUT2D eigenvalue weighted by molar-refractivity contribution is -0.158. The van der Waals surface area contributed by atoms with E-state index in [-0.39, 0.29) is 43.6 Å². The second kappa shape index (κ2) is 8.10. The Hall–Kier alpha value is -1.88. The summed E-state index contributed by atoms with van der Waals surface area (Å²) in [7, 11) is -3.43. The Kier molecular flexibility index (Phi) is 5.69. The summed E-state index contributed by atoms with van der Waals surface area (Å²) in [6.45, 7) is -0.00249. The molecule has 1 amide bonds. The molecule has 4 rings (SSSR count). The number of sulfonamides is 1. The number of fused-ring (bicyclic) bond motifs is 1. The van der Waals surface area contributed by atoms with Crippen LogP contribution in [0, 0.1) is 17.8 Å². The maximum atomic E-state index is 12.4. The smallest absolute Gasteiger partial charge is 0.238 e. The summed E-state index contributed by atoms with van der Waals surface area (Å²) in [6, 6.07) is 7.42. The lowest BCUT2D eigenvalue weighted by atomic mass is 9.74. The molecule has 2 aliphatic heterocycles. The highest BCUT2D eigenvalue weighted by Crippen LogP contribution is 2.43. The van der Waals surface area contributed by atoms with E-state index in [0.717, 1.165) is 29.7 Å². The Bertz CT molecular complexity index is 926. The highest BCUT2D eigenvalue weighted by molar-refractivity contribution is 7.88. The van der Waals surface area contributed by atoms with Crippen molar-refractivity contribution in [3.05, 3.63) is 35.4 Å². The van der Waals surface area contributed by atoms with E-state index in [9.17, 15) is 18.3 Å². The van der Waals surface area contributed by atoms with Gasteiger partial charge in [-0.1, -0.05) is 36.8 Å². The number of hydrogen-bond donors (Lipinski definition) is 1. The number of hydrogen-bond acceptors (Lipinski definition) is 4. The molecule has 1 aromatic carbocycles. The maximum Gasteiger partial charge on any atom is 0.238 e. The largest absolute Gasteiger partial charge is 0.394 e. The number of nitrogens with zero attached hydrogens (tertiary/aromatic N) is 2. The zero-order chi connectivity index (χ0) is 20.6. The van der Waals surface area contributed by atoms with Crippen molar-refractivity contribution in [3.63, 3.8) is 0 Å². The van der Waals surface area contributed by atoms with Gasteiger partial charge in [0.25, 0.3) is 0 Å². The maximum absolute atomic E-state index is 12.4. The van der Waals surface area contributed by atoms with Crippen LogP contribution in [0.5, 0.6) is 0 Å². The quantitative estimate of drug-likeness (QED) is 0.756. The molecule has 7 heteroatoms. The van der Waals surface area contributed by atoms with Crippen molar-refractivity contribution < 1.29 is 18.3 Å². The minimum absolute atomic E-state index is 0.0750. The van der Waals surface area contributed by atoms with Gasteiger partial charge in [-0.15, -0.1) is 0 Å². The lowest BCUT2D eigenvalue weighted by Crippen LogP contribution is -2.73. The Morgan fingerprint density at radius 3 is 2.48 bits per heavy atom. The number of rotatable bonds is 4. The van der Waals surface area contributed by atoms with Gasteiger partial charge in [0.2, 0.25) is 15.9 Å². The summed E-state index contributed by atoms with van der Waals surface area (Å²) < 4.78 is 25.1. The summed E-state index contributed by atoms with van der Waals surface area (Å²) in [5, 5.41) is 9.83. The summed E-state index contributed by atoms with van der Waals surface area (Å²) >= 11 is 0. The summed E-state index contributed by atoms with van der Waals surface area (Å²) in [6.07, 6.45) is 7.32. The lowest BCUT2D eigenvalue weighted by Gasteiger charge is -2.58. The van der Waals surface area contributed by atoms with Crippen molar-refractivity contribution in [3.8, 4) is 11.8 Å². The average molecular weight is 417 g/mol. The molecule has 1 aliphatic carbocycles. The van der Waals surface area contributed by atoms with Crippen LogP contribution in [-0.4, -0.2) is 66.7 Å². The Labute approximate surface area is 172 Å². The summed E-state index contributed by atoms with van der Waals surface area (Å²) in [5.74, 6) is 6.97. The van der Waals surface area contributed by atoms with Gasteiger partial charge in [-0.25, -0.2) is 8.42 Å². The zero-order valence-corrected chi connectivity index (χ0v) is 17.6. The van der Waals surface area contributed by atoms with Crippen molar-refractivity contribution >= 4 is 15.9 Å². The molecule has 2 heterocycles. The van der Waals surface area contributed by atoms with Crippen LogP contribution in [-0.2, 0) is 14.8 Å². The molecule has 0 unspecified atom stereocenters. The molecule has 0 bridgehead atoms. The van der Waals surface area contributed by atoms with Crippen LogP contribution in [0.1, 0.15) is 49.1 Å². The standard InChI is InChI=1S/C22H28N2O4S/c1-29(27,28)23-13-19-22(20(15-25)24(19)21(26)14-23)18-11-9-17(10-12-18)8-4-7-16-5-2-3-6-16/h9-12,16,19-20,22,25H,2-3,5-7,13-15H2,1H3/t19-,20+,22+/m0/s1. The molecule has 1 saturated carbocycles. The van der Waals surface area contributed by atoms with Crippen molar-refractivity contribution in [2.45, 2.75) is 50.1 Å². The molecule has 3 aliphatic rings. The van der Waals surface area contributed by atoms with Crippen LogP contribution in [0.25, 0.3) is 0 Å². The normalized spacial score (nSPS) is 27.9. The molecule has 29 heavy (non-hydrogen) atoms. The third-order valence-corrected chi connectivity index (χ3v) is 7.80. The molecule has 0 spiro atoms. The number of amides is 1. The van der Waals surface area contributed by atoms with Gasteiger partial charge in [0.05, 0.1) is 31.5 Å². The van der Waals surface area contributed by atoms with Crippen LogP contribution in [0.15, 0.2) is 24.3 Å². The van der Waals surface area contributed by atoms with Gasteiger partial charge >= 0.3 is 0 Å². The third-order valence-electron chi connectivity index (χ3n) is 6.58. The number of piperazine rings is 1. The monoisotopic (exact) mass is 416 g/mol. The van der Waals surface area contributed by atoms with Crippen molar-refractivity contribution in [1.29, 1.82) is 0 Å². The number of aliphatic hydroxyl groups is 1. The number of carbonyl (C=O) groups is 1. The first-order valence-corrected chi connectivity index (χ1v) is 12.2. The van der Waals surface area contributed by atoms with E-state index in [1.165, 1.54) is 30.0 Å². The predicted octanol–water partition coefficient (Wildman–Crippen LogP) is 1.55. The highest BCUT2D eigenvalue weighted by atomic mass is 32.2. The molecule has 156 valence electrons. The van der Waals surface area contributed by atoms with E-state index >= 15 is 0 Å². The van der Waals surface area contributed by atoms with Gasteiger partial charge in [0.15, 0.2) is 0 Å². The molecule has 1 N–H and O–H groups in total. The summed E-state index contributed by atoms with van der Waals surface area (Å²) in [5.41, 5.74) is 1.97. The summed E-state index contributed by atoms with van der Waals surface area (Å²) in [4.78, 5) is 14.1. The number of aliphatic hydroxyl groups excluding tert-OH is 1. The van der Waals surface area contributed by atoms with E-state index in [0.29, 0.717) is 0 Å². The Balaban J connectivity index is 1.48. The van der Waals surface area contributed by atoms with Gasteiger partial charge < -0.3 is 10.0 Å². The second-order valence-corrected chi connectivity index (χ2v) is 10.5. The molecule has 3 atom stereocenters. The molecular weight excluding hydrogens is 388 g/mol. The second-order valence-electron chi connectivity index (χ2n) is 8.48. The van der Waals surface area contributed by atoms with Crippen LogP contribution in [0.4, 0.5) is 0 Å². The van der Waals surface area contributed by atoms with E-state index in [1.807, 2.05) is 24.3 Å². The first-order chi connectivity index (χ1) is 13.9. The zero-order valence-electron chi connectivity index (χ0n) is 16.8. The molecule has 3 fully saturated rings. The Morgan fingerprint density at radius 2 is 1.86 bits per heavy atom. The van der Waals surface area contributed by atoms with Gasteiger partial charge in [-0.3, -0.25) is 4.79 Å². The predicted molar refractivity (Wildman–Crippen MR) is 111 cm³/mol. The van der Waals surface area contributed by atoms with Crippen LogP contribution < -0.4 is 0 Å². The molecule has 2 saturated heterocycles. The highest BCUT2D eigenvalue weighted by Gasteiger charge is 2.54.